The van der Waals surface area contributed by atoms with Crippen LogP contribution in [0.25, 0.3) is 0 Å². The Bertz CT molecular complexity index is 555. The molecule has 0 spiro atoms. The Balaban J connectivity index is 1.65. The van der Waals surface area contributed by atoms with Crippen LogP contribution in [0.3, 0.4) is 0 Å². The largest absolute Gasteiger partial charge is 0.353 e. The highest BCUT2D eigenvalue weighted by Gasteiger charge is 2.36. The van der Waals surface area contributed by atoms with Crippen LogP contribution >= 0.6 is 11.6 Å². The van der Waals surface area contributed by atoms with Gasteiger partial charge in [-0.15, -0.1) is 0 Å². The zero-order valence-corrected chi connectivity index (χ0v) is 12.6. The highest BCUT2D eigenvalue weighted by Crippen LogP contribution is 2.27. The van der Waals surface area contributed by atoms with E-state index in [9.17, 15) is 9.59 Å². The molecule has 1 aromatic carbocycles. The molecule has 2 amide bonds. The van der Waals surface area contributed by atoms with Crippen LogP contribution in [0, 0.1) is 5.92 Å². The van der Waals surface area contributed by atoms with Crippen molar-refractivity contribution >= 4 is 29.1 Å². The molecule has 4 nitrogen and oxygen atoms in total. The average molecular weight is 307 g/mol. The zero-order valence-electron chi connectivity index (χ0n) is 11.8. The van der Waals surface area contributed by atoms with Crippen LogP contribution in [0.15, 0.2) is 24.3 Å². The van der Waals surface area contributed by atoms with Gasteiger partial charge < -0.3 is 10.2 Å². The van der Waals surface area contributed by atoms with Crippen molar-refractivity contribution in [2.75, 3.05) is 11.4 Å². The number of nitrogens with one attached hydrogen (secondary N) is 1. The van der Waals surface area contributed by atoms with Crippen LogP contribution in [-0.2, 0) is 9.59 Å². The Morgan fingerprint density at radius 3 is 2.76 bits per heavy atom. The van der Waals surface area contributed by atoms with Crippen LogP contribution in [0.4, 0.5) is 5.69 Å². The number of benzene rings is 1. The van der Waals surface area contributed by atoms with E-state index in [1.54, 1.807) is 17.0 Å². The summed E-state index contributed by atoms with van der Waals surface area (Å²) in [4.78, 5) is 26.1. The number of anilines is 1. The quantitative estimate of drug-likeness (QED) is 0.933. The number of hydrogen-bond donors (Lipinski definition) is 1. The SMILES string of the molecule is O=C(NC1CCCC1)[C@H]1CC(=O)N(c2cccc(Cl)c2)C1. The Hall–Kier alpha value is -1.55. The van der Waals surface area contributed by atoms with Crippen molar-refractivity contribution in [2.45, 2.75) is 38.1 Å². The van der Waals surface area contributed by atoms with Crippen molar-refractivity contribution in [1.82, 2.24) is 5.32 Å². The molecule has 2 fully saturated rings. The van der Waals surface area contributed by atoms with E-state index in [1.807, 2.05) is 12.1 Å². The molecule has 3 rings (SSSR count). The van der Waals surface area contributed by atoms with Crippen molar-refractivity contribution in [1.29, 1.82) is 0 Å². The van der Waals surface area contributed by atoms with Gasteiger partial charge in [-0.25, -0.2) is 0 Å². The van der Waals surface area contributed by atoms with Gasteiger partial charge in [-0.05, 0) is 31.0 Å². The monoisotopic (exact) mass is 306 g/mol. The fraction of sp³-hybridized carbons (Fsp3) is 0.500. The molecule has 0 radical (unpaired) electrons. The summed E-state index contributed by atoms with van der Waals surface area (Å²) in [6.45, 7) is 0.442. The minimum absolute atomic E-state index is 0.0103. The molecule has 21 heavy (non-hydrogen) atoms. The minimum Gasteiger partial charge on any atom is -0.353 e. The normalized spacial score (nSPS) is 22.8. The lowest BCUT2D eigenvalue weighted by Crippen LogP contribution is -2.38. The van der Waals surface area contributed by atoms with E-state index < -0.39 is 0 Å². The Morgan fingerprint density at radius 1 is 1.29 bits per heavy atom. The molecular formula is C16H19ClN2O2. The first-order valence-electron chi connectivity index (χ1n) is 7.50. The molecular weight excluding hydrogens is 288 g/mol. The molecule has 5 heteroatoms. The summed E-state index contributed by atoms with van der Waals surface area (Å²) >= 11 is 5.97. The molecule has 0 unspecified atom stereocenters. The van der Waals surface area contributed by atoms with E-state index in [0.29, 0.717) is 17.6 Å². The Kier molecular flexibility index (Phi) is 4.15. The highest BCUT2D eigenvalue weighted by atomic mass is 35.5. The fourth-order valence-electron chi connectivity index (χ4n) is 3.17. The van der Waals surface area contributed by atoms with Crippen LogP contribution in [0.2, 0.25) is 5.02 Å². The highest BCUT2D eigenvalue weighted by molar-refractivity contribution is 6.30. The molecule has 1 saturated heterocycles. The molecule has 1 saturated carbocycles. The van der Waals surface area contributed by atoms with Gasteiger partial charge in [0, 0.05) is 29.7 Å². The van der Waals surface area contributed by atoms with E-state index in [0.717, 1.165) is 18.5 Å². The average Bonchev–Trinajstić information content (AvgIpc) is 3.08. The summed E-state index contributed by atoms with van der Waals surface area (Å²) in [7, 11) is 0. The van der Waals surface area contributed by atoms with Crippen molar-refractivity contribution in [3.8, 4) is 0 Å². The molecule has 0 bridgehead atoms. The van der Waals surface area contributed by atoms with Crippen LogP contribution in [-0.4, -0.2) is 24.4 Å². The van der Waals surface area contributed by atoms with Gasteiger partial charge in [0.15, 0.2) is 0 Å². The molecule has 1 atom stereocenters. The molecule has 2 aliphatic rings. The minimum atomic E-state index is -0.253. The van der Waals surface area contributed by atoms with E-state index in [4.69, 9.17) is 11.6 Å². The van der Waals surface area contributed by atoms with Gasteiger partial charge in [0.05, 0.1) is 5.92 Å². The van der Waals surface area contributed by atoms with Gasteiger partial charge >= 0.3 is 0 Å². The maximum absolute atomic E-state index is 12.3. The first kappa shape index (κ1) is 14.4. The summed E-state index contributed by atoms with van der Waals surface area (Å²) in [5, 5.41) is 3.68. The van der Waals surface area contributed by atoms with Gasteiger partial charge in [0.2, 0.25) is 11.8 Å². The summed E-state index contributed by atoms with van der Waals surface area (Å²) in [5.74, 6) is -0.249. The van der Waals surface area contributed by atoms with Crippen molar-refractivity contribution < 1.29 is 9.59 Å². The standard InChI is InChI=1S/C16H19ClN2O2/c17-12-4-3-7-14(9-12)19-10-11(8-15(19)20)16(21)18-13-5-1-2-6-13/h3-4,7,9,11,13H,1-2,5-6,8,10H2,(H,18,21)/t11-/m0/s1. The Morgan fingerprint density at radius 2 is 2.05 bits per heavy atom. The summed E-state index contributed by atoms with van der Waals surface area (Å²) in [6, 6.07) is 7.50. The third-order valence-corrected chi connectivity index (χ3v) is 4.55. The van der Waals surface area contributed by atoms with Crippen LogP contribution in [0.5, 0.6) is 0 Å². The second kappa shape index (κ2) is 6.06. The summed E-state index contributed by atoms with van der Waals surface area (Å²) in [6.07, 6.45) is 4.77. The second-order valence-electron chi connectivity index (χ2n) is 5.88. The van der Waals surface area contributed by atoms with E-state index in [1.165, 1.54) is 12.8 Å². The second-order valence-corrected chi connectivity index (χ2v) is 6.31. The third-order valence-electron chi connectivity index (χ3n) is 4.32. The number of amides is 2. The van der Waals surface area contributed by atoms with Crippen molar-refractivity contribution in [3.05, 3.63) is 29.3 Å². The molecule has 1 aromatic rings. The number of hydrogen-bond acceptors (Lipinski definition) is 2. The molecule has 0 aromatic heterocycles. The summed E-state index contributed by atoms with van der Waals surface area (Å²) in [5.41, 5.74) is 0.767. The predicted octanol–water partition coefficient (Wildman–Crippen LogP) is 2.75. The van der Waals surface area contributed by atoms with E-state index in [-0.39, 0.29) is 24.2 Å². The lowest BCUT2D eigenvalue weighted by atomic mass is 10.1. The molecule has 1 aliphatic heterocycles. The number of nitrogens with zero attached hydrogens (tertiary/aromatic N) is 1. The Labute approximate surface area is 129 Å². The molecule has 1 heterocycles. The predicted molar refractivity (Wildman–Crippen MR) is 82.3 cm³/mol. The van der Waals surface area contributed by atoms with Crippen LogP contribution in [0.1, 0.15) is 32.1 Å². The zero-order chi connectivity index (χ0) is 14.8. The number of carbonyl (C=O) groups excluding carboxylic acids is 2. The number of halogens is 1. The van der Waals surface area contributed by atoms with E-state index >= 15 is 0 Å². The van der Waals surface area contributed by atoms with Gasteiger partial charge in [0.25, 0.3) is 0 Å². The first-order chi connectivity index (χ1) is 10.1. The maximum atomic E-state index is 12.3. The van der Waals surface area contributed by atoms with Gasteiger partial charge in [-0.2, -0.15) is 0 Å². The third kappa shape index (κ3) is 3.21. The van der Waals surface area contributed by atoms with Crippen molar-refractivity contribution in [3.63, 3.8) is 0 Å². The number of rotatable bonds is 3. The molecule has 112 valence electrons. The first-order valence-corrected chi connectivity index (χ1v) is 7.87. The van der Waals surface area contributed by atoms with Crippen LogP contribution < -0.4 is 10.2 Å². The smallest absolute Gasteiger partial charge is 0.227 e. The lowest BCUT2D eigenvalue weighted by molar-refractivity contribution is -0.126. The topological polar surface area (TPSA) is 49.4 Å². The van der Waals surface area contributed by atoms with E-state index in [2.05, 4.69) is 5.32 Å². The lowest BCUT2D eigenvalue weighted by Gasteiger charge is -2.18. The van der Waals surface area contributed by atoms with Crippen molar-refractivity contribution in [2.24, 2.45) is 5.92 Å². The molecule has 1 N–H and O–H groups in total. The van der Waals surface area contributed by atoms with Gasteiger partial charge in [-0.3, -0.25) is 9.59 Å². The molecule has 1 aliphatic carbocycles. The maximum Gasteiger partial charge on any atom is 0.227 e. The fourth-order valence-corrected chi connectivity index (χ4v) is 3.35. The van der Waals surface area contributed by atoms with Gasteiger partial charge in [0.1, 0.15) is 0 Å². The number of carbonyl (C=O) groups is 2. The van der Waals surface area contributed by atoms with Gasteiger partial charge in [-0.1, -0.05) is 30.5 Å². The summed E-state index contributed by atoms with van der Waals surface area (Å²) < 4.78 is 0.